The first kappa shape index (κ1) is 10.4. The molecule has 0 saturated heterocycles. The molecule has 0 amide bonds. The van der Waals surface area contributed by atoms with Crippen molar-refractivity contribution in [3.63, 3.8) is 0 Å². The maximum absolute atomic E-state index is 12.2. The van der Waals surface area contributed by atoms with Gasteiger partial charge in [-0.15, -0.1) is 0 Å². The predicted octanol–water partition coefficient (Wildman–Crippen LogP) is 3.93. The molecule has 0 unspecified atom stereocenters. The topological polar surface area (TPSA) is 15.8 Å². The van der Waals surface area contributed by atoms with Gasteiger partial charge in [-0.1, -0.05) is 17.7 Å². The number of rotatable bonds is 1. The lowest BCUT2D eigenvalue weighted by Gasteiger charge is -2.04. The summed E-state index contributed by atoms with van der Waals surface area (Å²) >= 11 is 5.72. The SMILES string of the molecule is FC(F)(F)Cc1c[nH]c2cc(Cl)ccc12. The molecule has 5 heteroatoms. The van der Waals surface area contributed by atoms with Crippen LogP contribution in [-0.4, -0.2) is 11.2 Å². The molecule has 1 heterocycles. The van der Waals surface area contributed by atoms with Gasteiger partial charge in [0.25, 0.3) is 0 Å². The van der Waals surface area contributed by atoms with E-state index in [2.05, 4.69) is 4.98 Å². The molecule has 0 aliphatic heterocycles. The summed E-state index contributed by atoms with van der Waals surface area (Å²) in [5.41, 5.74) is 0.871. The fourth-order valence-corrected chi connectivity index (χ4v) is 1.69. The van der Waals surface area contributed by atoms with E-state index < -0.39 is 12.6 Å². The summed E-state index contributed by atoms with van der Waals surface area (Å²) in [6.07, 6.45) is -3.74. The second kappa shape index (κ2) is 3.45. The van der Waals surface area contributed by atoms with Gasteiger partial charge in [-0.05, 0) is 17.7 Å². The average molecular weight is 234 g/mol. The number of hydrogen-bond donors (Lipinski definition) is 1. The highest BCUT2D eigenvalue weighted by atomic mass is 35.5. The molecule has 1 aromatic heterocycles. The van der Waals surface area contributed by atoms with Crippen LogP contribution in [-0.2, 0) is 6.42 Å². The van der Waals surface area contributed by atoms with Crippen molar-refractivity contribution >= 4 is 22.5 Å². The van der Waals surface area contributed by atoms with Gasteiger partial charge in [0, 0.05) is 22.1 Å². The largest absolute Gasteiger partial charge is 0.393 e. The molecule has 0 atom stereocenters. The van der Waals surface area contributed by atoms with E-state index in [1.165, 1.54) is 6.20 Å². The van der Waals surface area contributed by atoms with Gasteiger partial charge in [0.15, 0.2) is 0 Å². The van der Waals surface area contributed by atoms with E-state index >= 15 is 0 Å². The zero-order chi connectivity index (χ0) is 11.1. The van der Waals surface area contributed by atoms with Crippen molar-refractivity contribution in [1.82, 2.24) is 4.98 Å². The first-order valence-corrected chi connectivity index (χ1v) is 4.66. The van der Waals surface area contributed by atoms with Gasteiger partial charge >= 0.3 is 6.18 Å². The summed E-state index contributed by atoms with van der Waals surface area (Å²) in [4.78, 5) is 2.77. The smallest absolute Gasteiger partial charge is 0.361 e. The highest BCUT2D eigenvalue weighted by Crippen LogP contribution is 2.27. The Bertz CT molecular complexity index is 487. The van der Waals surface area contributed by atoms with E-state index in [1.807, 2.05) is 0 Å². The van der Waals surface area contributed by atoms with Gasteiger partial charge in [-0.25, -0.2) is 0 Å². The molecule has 1 aromatic carbocycles. The van der Waals surface area contributed by atoms with Crippen molar-refractivity contribution in [3.8, 4) is 0 Å². The second-order valence-corrected chi connectivity index (χ2v) is 3.73. The molecule has 0 saturated carbocycles. The Kier molecular flexibility index (Phi) is 2.38. The molecule has 0 spiro atoms. The third-order valence-corrected chi connectivity index (χ3v) is 2.36. The van der Waals surface area contributed by atoms with Gasteiger partial charge in [0.1, 0.15) is 0 Å². The highest BCUT2D eigenvalue weighted by Gasteiger charge is 2.28. The zero-order valence-corrected chi connectivity index (χ0v) is 8.28. The van der Waals surface area contributed by atoms with Crippen LogP contribution in [0.25, 0.3) is 10.9 Å². The summed E-state index contributed by atoms with van der Waals surface area (Å²) in [5.74, 6) is 0. The van der Waals surface area contributed by atoms with Crippen LogP contribution in [0.3, 0.4) is 0 Å². The van der Waals surface area contributed by atoms with Crippen LogP contribution in [0.15, 0.2) is 24.4 Å². The molecular weight excluding hydrogens is 227 g/mol. The van der Waals surface area contributed by atoms with Gasteiger partial charge in [0.2, 0.25) is 0 Å². The van der Waals surface area contributed by atoms with Crippen LogP contribution in [0.1, 0.15) is 5.56 Å². The Hall–Kier alpha value is -1.16. The van der Waals surface area contributed by atoms with E-state index in [1.54, 1.807) is 18.2 Å². The summed E-state index contributed by atoms with van der Waals surface area (Å²) in [5, 5.41) is 1.07. The van der Waals surface area contributed by atoms with Crippen molar-refractivity contribution in [2.75, 3.05) is 0 Å². The maximum Gasteiger partial charge on any atom is 0.393 e. The van der Waals surface area contributed by atoms with Crippen LogP contribution in [0.4, 0.5) is 13.2 Å². The van der Waals surface area contributed by atoms with Crippen molar-refractivity contribution < 1.29 is 13.2 Å². The van der Waals surface area contributed by atoms with E-state index in [-0.39, 0.29) is 5.56 Å². The Morgan fingerprint density at radius 1 is 1.27 bits per heavy atom. The maximum atomic E-state index is 12.2. The van der Waals surface area contributed by atoms with Gasteiger partial charge < -0.3 is 4.98 Å². The molecule has 2 rings (SSSR count). The third-order valence-electron chi connectivity index (χ3n) is 2.12. The van der Waals surface area contributed by atoms with Crippen LogP contribution in [0.2, 0.25) is 5.02 Å². The number of aromatic amines is 1. The first-order valence-electron chi connectivity index (χ1n) is 4.28. The predicted molar refractivity (Wildman–Crippen MR) is 53.1 cm³/mol. The van der Waals surface area contributed by atoms with Gasteiger partial charge in [-0.2, -0.15) is 13.2 Å². The minimum Gasteiger partial charge on any atom is -0.361 e. The summed E-state index contributed by atoms with van der Waals surface area (Å²) in [7, 11) is 0. The van der Waals surface area contributed by atoms with Crippen LogP contribution < -0.4 is 0 Å². The van der Waals surface area contributed by atoms with E-state index in [0.29, 0.717) is 15.9 Å². The average Bonchev–Trinajstić information content (AvgIpc) is 2.45. The lowest BCUT2D eigenvalue weighted by atomic mass is 10.1. The highest BCUT2D eigenvalue weighted by molar-refractivity contribution is 6.31. The number of hydrogen-bond acceptors (Lipinski definition) is 0. The molecule has 1 N–H and O–H groups in total. The van der Waals surface area contributed by atoms with Crippen molar-refractivity contribution in [1.29, 1.82) is 0 Å². The molecule has 15 heavy (non-hydrogen) atoms. The third kappa shape index (κ3) is 2.26. The Labute approximate surface area is 88.9 Å². The fourth-order valence-electron chi connectivity index (χ4n) is 1.52. The van der Waals surface area contributed by atoms with Gasteiger partial charge in [0.05, 0.1) is 6.42 Å². The van der Waals surface area contributed by atoms with Crippen LogP contribution >= 0.6 is 11.6 Å². The molecule has 1 nitrogen and oxygen atoms in total. The summed E-state index contributed by atoms with van der Waals surface area (Å²) in [6, 6.07) is 4.78. The molecule has 80 valence electrons. The Morgan fingerprint density at radius 3 is 2.67 bits per heavy atom. The number of H-pyrrole nitrogens is 1. The van der Waals surface area contributed by atoms with Crippen LogP contribution in [0.5, 0.6) is 0 Å². The van der Waals surface area contributed by atoms with Gasteiger partial charge in [-0.3, -0.25) is 0 Å². The Morgan fingerprint density at radius 2 is 2.00 bits per heavy atom. The Balaban J connectivity index is 2.45. The molecule has 0 fully saturated rings. The quantitative estimate of drug-likeness (QED) is 0.768. The fraction of sp³-hybridized carbons (Fsp3) is 0.200. The number of benzene rings is 1. The minimum absolute atomic E-state index is 0.245. The number of alkyl halides is 3. The summed E-state index contributed by atoms with van der Waals surface area (Å²) in [6.45, 7) is 0. The lowest BCUT2D eigenvalue weighted by Crippen LogP contribution is -2.10. The molecular formula is C10H7ClF3N. The van der Waals surface area contributed by atoms with Crippen molar-refractivity contribution in [3.05, 3.63) is 35.0 Å². The van der Waals surface area contributed by atoms with Crippen molar-refractivity contribution in [2.45, 2.75) is 12.6 Å². The number of halogens is 4. The van der Waals surface area contributed by atoms with E-state index in [4.69, 9.17) is 11.6 Å². The molecule has 0 aliphatic carbocycles. The minimum atomic E-state index is -4.19. The standard InChI is InChI=1S/C10H7ClF3N/c11-7-1-2-8-6(4-10(12,13)14)5-15-9(8)3-7/h1-3,5,15H,4H2. The van der Waals surface area contributed by atoms with E-state index in [0.717, 1.165) is 0 Å². The summed E-state index contributed by atoms with van der Waals surface area (Å²) < 4.78 is 36.6. The number of fused-ring (bicyclic) bond motifs is 1. The molecule has 0 bridgehead atoms. The molecule has 0 aliphatic rings. The van der Waals surface area contributed by atoms with E-state index in [9.17, 15) is 13.2 Å². The lowest BCUT2D eigenvalue weighted by molar-refractivity contribution is -0.126. The second-order valence-electron chi connectivity index (χ2n) is 3.30. The van der Waals surface area contributed by atoms with Crippen molar-refractivity contribution in [2.24, 2.45) is 0 Å². The first-order chi connectivity index (χ1) is 6.96. The number of nitrogens with one attached hydrogen (secondary N) is 1. The van der Waals surface area contributed by atoms with Crippen LogP contribution in [0, 0.1) is 0 Å². The number of aromatic nitrogens is 1. The normalized spacial score (nSPS) is 12.3. The molecule has 2 aromatic rings. The molecule has 0 radical (unpaired) electrons. The monoisotopic (exact) mass is 233 g/mol. The zero-order valence-electron chi connectivity index (χ0n) is 7.53.